The van der Waals surface area contributed by atoms with Crippen molar-refractivity contribution >= 4 is 0 Å². The highest BCUT2D eigenvalue weighted by Crippen LogP contribution is 2.21. The van der Waals surface area contributed by atoms with E-state index in [1.165, 1.54) is 6.07 Å². The molecular weight excluding hydrogens is 229 g/mol. The number of halogens is 1. The van der Waals surface area contributed by atoms with Crippen molar-refractivity contribution in [2.75, 3.05) is 6.54 Å². The first kappa shape index (κ1) is 12.8. The van der Waals surface area contributed by atoms with Crippen LogP contribution >= 0.6 is 0 Å². The van der Waals surface area contributed by atoms with Crippen LogP contribution in [-0.2, 0) is 6.54 Å². The van der Waals surface area contributed by atoms with Gasteiger partial charge < -0.3 is 9.88 Å². The topological polar surface area (TPSA) is 29.9 Å². The van der Waals surface area contributed by atoms with E-state index in [0.717, 1.165) is 24.5 Å². The molecule has 96 valence electrons. The molecule has 1 aromatic heterocycles. The Kier molecular flexibility index (Phi) is 4.10. The number of hydrogen-bond acceptors (Lipinski definition) is 2. The highest BCUT2D eigenvalue weighted by molar-refractivity contribution is 5.26. The summed E-state index contributed by atoms with van der Waals surface area (Å²) in [5.74, 6) is 0.704. The van der Waals surface area contributed by atoms with Crippen molar-refractivity contribution < 1.29 is 4.39 Å². The van der Waals surface area contributed by atoms with Crippen LogP contribution in [-0.4, -0.2) is 16.1 Å². The maximum absolute atomic E-state index is 13.3. The van der Waals surface area contributed by atoms with Crippen molar-refractivity contribution in [1.29, 1.82) is 0 Å². The van der Waals surface area contributed by atoms with Gasteiger partial charge in [0.05, 0.1) is 6.04 Å². The van der Waals surface area contributed by atoms with E-state index < -0.39 is 0 Å². The quantitative estimate of drug-likeness (QED) is 0.880. The number of benzene rings is 1. The molecule has 0 bridgehead atoms. The minimum absolute atomic E-state index is 0.0688. The maximum Gasteiger partial charge on any atom is 0.130 e. The molecule has 0 radical (unpaired) electrons. The summed E-state index contributed by atoms with van der Waals surface area (Å²) in [6.45, 7) is 5.76. The summed E-state index contributed by atoms with van der Waals surface area (Å²) in [7, 11) is 0. The van der Waals surface area contributed by atoms with E-state index in [1.54, 1.807) is 18.3 Å². The Morgan fingerprint density at radius 1 is 1.39 bits per heavy atom. The van der Waals surface area contributed by atoms with Crippen molar-refractivity contribution in [2.45, 2.75) is 26.4 Å². The standard InChI is InChI=1S/C14H18FN3/c1-3-16-13(11-6-5-7-12(15)10-11)14-17-8-9-18(14)4-2/h5-10,13,16H,3-4H2,1-2H3. The molecule has 2 rings (SSSR count). The number of aromatic nitrogens is 2. The van der Waals surface area contributed by atoms with Gasteiger partial charge in [-0.05, 0) is 31.2 Å². The van der Waals surface area contributed by atoms with Crippen LogP contribution in [0.1, 0.15) is 31.3 Å². The van der Waals surface area contributed by atoms with Gasteiger partial charge in [-0.25, -0.2) is 9.37 Å². The molecule has 1 atom stereocenters. The Bertz CT molecular complexity index is 507. The summed E-state index contributed by atoms with van der Waals surface area (Å²) in [5.41, 5.74) is 0.901. The first-order chi connectivity index (χ1) is 8.76. The van der Waals surface area contributed by atoms with Gasteiger partial charge in [-0.1, -0.05) is 19.1 Å². The van der Waals surface area contributed by atoms with Crippen LogP contribution in [0.25, 0.3) is 0 Å². The molecule has 0 fully saturated rings. The van der Waals surface area contributed by atoms with Crippen molar-refractivity contribution in [3.05, 3.63) is 53.9 Å². The first-order valence-electron chi connectivity index (χ1n) is 6.26. The second-order valence-electron chi connectivity index (χ2n) is 4.12. The monoisotopic (exact) mass is 247 g/mol. The zero-order chi connectivity index (χ0) is 13.0. The molecule has 1 N–H and O–H groups in total. The fourth-order valence-electron chi connectivity index (χ4n) is 2.10. The SMILES string of the molecule is CCNC(c1cccc(F)c1)c1nccn1CC. The van der Waals surface area contributed by atoms with Gasteiger partial charge in [0.15, 0.2) is 0 Å². The minimum atomic E-state index is -0.218. The summed E-state index contributed by atoms with van der Waals surface area (Å²) < 4.78 is 15.4. The van der Waals surface area contributed by atoms with Crippen LogP contribution in [0.15, 0.2) is 36.7 Å². The second kappa shape index (κ2) is 5.78. The lowest BCUT2D eigenvalue weighted by Crippen LogP contribution is -2.25. The molecule has 0 aliphatic carbocycles. The van der Waals surface area contributed by atoms with E-state index >= 15 is 0 Å². The number of nitrogens with one attached hydrogen (secondary N) is 1. The smallest absolute Gasteiger partial charge is 0.130 e. The van der Waals surface area contributed by atoms with E-state index in [4.69, 9.17) is 0 Å². The fourth-order valence-corrected chi connectivity index (χ4v) is 2.10. The predicted molar refractivity (Wildman–Crippen MR) is 69.8 cm³/mol. The predicted octanol–water partition coefficient (Wildman–Crippen LogP) is 2.74. The zero-order valence-electron chi connectivity index (χ0n) is 10.7. The molecule has 1 heterocycles. The average Bonchev–Trinajstić information content (AvgIpc) is 2.84. The Morgan fingerprint density at radius 3 is 2.89 bits per heavy atom. The summed E-state index contributed by atoms with van der Waals surface area (Å²) >= 11 is 0. The van der Waals surface area contributed by atoms with Crippen LogP contribution in [0.4, 0.5) is 4.39 Å². The molecule has 0 spiro atoms. The normalized spacial score (nSPS) is 12.6. The molecule has 1 aromatic carbocycles. The first-order valence-corrected chi connectivity index (χ1v) is 6.26. The van der Waals surface area contributed by atoms with Crippen LogP contribution in [0.3, 0.4) is 0 Å². The molecule has 0 amide bonds. The summed E-state index contributed by atoms with van der Waals surface area (Å²) in [4.78, 5) is 4.39. The highest BCUT2D eigenvalue weighted by Gasteiger charge is 2.18. The molecule has 0 saturated carbocycles. The van der Waals surface area contributed by atoms with Crippen molar-refractivity contribution in [3.8, 4) is 0 Å². The Hall–Kier alpha value is -1.68. The van der Waals surface area contributed by atoms with Gasteiger partial charge >= 0.3 is 0 Å². The molecule has 0 aliphatic rings. The van der Waals surface area contributed by atoms with Gasteiger partial charge in [-0.15, -0.1) is 0 Å². The van der Waals surface area contributed by atoms with Crippen LogP contribution < -0.4 is 5.32 Å². The second-order valence-corrected chi connectivity index (χ2v) is 4.12. The largest absolute Gasteiger partial charge is 0.334 e. The maximum atomic E-state index is 13.3. The van der Waals surface area contributed by atoms with Crippen LogP contribution in [0.5, 0.6) is 0 Å². The van der Waals surface area contributed by atoms with Crippen molar-refractivity contribution in [1.82, 2.24) is 14.9 Å². The van der Waals surface area contributed by atoms with E-state index in [9.17, 15) is 4.39 Å². The Balaban J connectivity index is 2.39. The van der Waals surface area contributed by atoms with E-state index in [-0.39, 0.29) is 11.9 Å². The molecule has 4 heteroatoms. The summed E-state index contributed by atoms with van der Waals surface area (Å²) in [6, 6.07) is 6.60. The molecule has 0 aliphatic heterocycles. The van der Waals surface area contributed by atoms with Gasteiger partial charge in [0.25, 0.3) is 0 Å². The van der Waals surface area contributed by atoms with E-state index in [1.807, 2.05) is 19.2 Å². The number of aryl methyl sites for hydroxylation is 1. The third-order valence-corrected chi connectivity index (χ3v) is 2.94. The molecule has 3 nitrogen and oxygen atoms in total. The van der Waals surface area contributed by atoms with Gasteiger partial charge in [0.2, 0.25) is 0 Å². The highest BCUT2D eigenvalue weighted by atomic mass is 19.1. The lowest BCUT2D eigenvalue weighted by molar-refractivity contribution is 0.552. The molecular formula is C14H18FN3. The molecule has 2 aromatic rings. The Morgan fingerprint density at radius 2 is 2.22 bits per heavy atom. The Labute approximate surface area is 107 Å². The molecule has 0 saturated heterocycles. The van der Waals surface area contributed by atoms with E-state index in [2.05, 4.69) is 21.8 Å². The van der Waals surface area contributed by atoms with Gasteiger partial charge in [0, 0.05) is 18.9 Å². The third-order valence-electron chi connectivity index (χ3n) is 2.94. The number of rotatable bonds is 5. The minimum Gasteiger partial charge on any atom is -0.334 e. The third kappa shape index (κ3) is 2.59. The fraction of sp³-hybridized carbons (Fsp3) is 0.357. The number of imidazole rings is 1. The van der Waals surface area contributed by atoms with Crippen molar-refractivity contribution in [2.24, 2.45) is 0 Å². The van der Waals surface area contributed by atoms with Crippen LogP contribution in [0.2, 0.25) is 0 Å². The van der Waals surface area contributed by atoms with E-state index in [0.29, 0.717) is 0 Å². The van der Waals surface area contributed by atoms with Crippen LogP contribution in [0, 0.1) is 5.82 Å². The number of hydrogen-bond donors (Lipinski definition) is 1. The van der Waals surface area contributed by atoms with Crippen molar-refractivity contribution in [3.63, 3.8) is 0 Å². The van der Waals surface area contributed by atoms with Gasteiger partial charge in [0.1, 0.15) is 11.6 Å². The summed E-state index contributed by atoms with van der Waals surface area (Å²) in [6.07, 6.45) is 3.72. The van der Waals surface area contributed by atoms with Gasteiger partial charge in [-0.2, -0.15) is 0 Å². The summed E-state index contributed by atoms with van der Waals surface area (Å²) in [5, 5.41) is 3.35. The number of nitrogens with zero attached hydrogens (tertiary/aromatic N) is 2. The molecule has 1 unspecified atom stereocenters. The average molecular weight is 247 g/mol. The lowest BCUT2D eigenvalue weighted by Gasteiger charge is -2.19. The zero-order valence-corrected chi connectivity index (χ0v) is 10.7. The molecule has 18 heavy (non-hydrogen) atoms. The van der Waals surface area contributed by atoms with Gasteiger partial charge in [-0.3, -0.25) is 0 Å². The lowest BCUT2D eigenvalue weighted by atomic mass is 10.1.